The third kappa shape index (κ3) is 3.28. The third-order valence-electron chi connectivity index (χ3n) is 6.66. The van der Waals surface area contributed by atoms with Crippen LogP contribution in [0.3, 0.4) is 0 Å². The number of rotatable bonds is 2. The largest absolute Gasteiger partial charge is 0.378 e. The number of nitrogens with one attached hydrogen (secondary N) is 1. The van der Waals surface area contributed by atoms with E-state index in [4.69, 9.17) is 4.74 Å². The third-order valence-corrected chi connectivity index (χ3v) is 6.66. The Labute approximate surface area is 195 Å². The van der Waals surface area contributed by atoms with Gasteiger partial charge < -0.3 is 19.1 Å². The number of carbonyl (C=O) groups is 3. The SMILES string of the molecule is O=C1NC(=O)C(c2cn3c4c(cccc24)CN(C(=O)N2CCOCC2)CC3)=C1c1cccnc1. The molecule has 34 heavy (non-hydrogen) atoms. The lowest BCUT2D eigenvalue weighted by Gasteiger charge is -2.32. The molecule has 3 aliphatic heterocycles. The Balaban J connectivity index is 1.43. The molecule has 3 aromatic rings. The first-order valence-electron chi connectivity index (χ1n) is 11.3. The zero-order chi connectivity index (χ0) is 23.2. The maximum Gasteiger partial charge on any atom is 0.320 e. The molecule has 0 atom stereocenters. The Bertz CT molecular complexity index is 1350. The van der Waals surface area contributed by atoms with Gasteiger partial charge >= 0.3 is 6.03 Å². The van der Waals surface area contributed by atoms with Gasteiger partial charge in [-0.25, -0.2) is 4.79 Å². The number of hydrogen-bond donors (Lipinski definition) is 1. The van der Waals surface area contributed by atoms with Gasteiger partial charge in [-0.15, -0.1) is 0 Å². The first-order valence-corrected chi connectivity index (χ1v) is 11.3. The highest BCUT2D eigenvalue weighted by Gasteiger charge is 2.35. The van der Waals surface area contributed by atoms with Crippen LogP contribution in [0, 0.1) is 0 Å². The summed E-state index contributed by atoms with van der Waals surface area (Å²) < 4.78 is 7.48. The molecule has 3 aliphatic rings. The number of hydrogen-bond acceptors (Lipinski definition) is 5. The fraction of sp³-hybridized carbons (Fsp3) is 0.280. The predicted octanol–water partition coefficient (Wildman–Crippen LogP) is 1.87. The van der Waals surface area contributed by atoms with Crippen LogP contribution < -0.4 is 5.32 Å². The van der Waals surface area contributed by atoms with Gasteiger partial charge in [-0.1, -0.05) is 24.3 Å². The van der Waals surface area contributed by atoms with E-state index in [1.54, 1.807) is 24.5 Å². The van der Waals surface area contributed by atoms with E-state index in [0.29, 0.717) is 68.2 Å². The van der Waals surface area contributed by atoms with Crippen LogP contribution in [0.1, 0.15) is 16.7 Å². The van der Waals surface area contributed by atoms with Crippen molar-refractivity contribution in [3.05, 3.63) is 65.6 Å². The molecule has 2 aromatic heterocycles. The minimum absolute atomic E-state index is 0.0219. The van der Waals surface area contributed by atoms with Crippen LogP contribution in [0.25, 0.3) is 22.0 Å². The van der Waals surface area contributed by atoms with Crippen molar-refractivity contribution in [2.75, 3.05) is 32.8 Å². The van der Waals surface area contributed by atoms with Gasteiger partial charge in [-0.05, 0) is 11.6 Å². The number of urea groups is 1. The molecule has 1 N–H and O–H groups in total. The number of para-hydroxylation sites is 1. The summed E-state index contributed by atoms with van der Waals surface area (Å²) in [5.74, 6) is -0.825. The lowest BCUT2D eigenvalue weighted by atomic mass is 9.96. The number of nitrogens with zero attached hydrogens (tertiary/aromatic N) is 4. The van der Waals surface area contributed by atoms with Crippen molar-refractivity contribution in [2.45, 2.75) is 13.1 Å². The van der Waals surface area contributed by atoms with Gasteiger partial charge in [-0.3, -0.25) is 19.9 Å². The van der Waals surface area contributed by atoms with E-state index in [9.17, 15) is 14.4 Å². The summed E-state index contributed by atoms with van der Waals surface area (Å²) >= 11 is 0. The number of aromatic nitrogens is 2. The Hall–Kier alpha value is -3.98. The van der Waals surface area contributed by atoms with Crippen LogP contribution in [-0.2, 0) is 27.4 Å². The Kier molecular flexibility index (Phi) is 4.91. The molecule has 1 aromatic carbocycles. The molecule has 172 valence electrons. The van der Waals surface area contributed by atoms with Crippen molar-refractivity contribution in [1.29, 1.82) is 0 Å². The van der Waals surface area contributed by atoms with E-state index >= 15 is 0 Å². The zero-order valence-electron chi connectivity index (χ0n) is 18.5. The molecule has 5 heterocycles. The average molecular weight is 457 g/mol. The number of imide groups is 1. The smallest absolute Gasteiger partial charge is 0.320 e. The van der Waals surface area contributed by atoms with Crippen LogP contribution in [0.5, 0.6) is 0 Å². The highest BCUT2D eigenvalue weighted by Crippen LogP contribution is 2.37. The molecule has 0 unspecified atom stereocenters. The van der Waals surface area contributed by atoms with E-state index in [0.717, 1.165) is 16.5 Å². The second-order valence-corrected chi connectivity index (χ2v) is 8.63. The molecule has 9 heteroatoms. The van der Waals surface area contributed by atoms with Crippen molar-refractivity contribution in [3.63, 3.8) is 0 Å². The number of morpholine rings is 1. The average Bonchev–Trinajstić information content (AvgIpc) is 3.30. The number of benzene rings is 1. The van der Waals surface area contributed by atoms with Crippen molar-refractivity contribution in [2.24, 2.45) is 0 Å². The molecule has 1 fully saturated rings. The highest BCUT2D eigenvalue weighted by atomic mass is 16.5. The summed E-state index contributed by atoms with van der Waals surface area (Å²) in [6.45, 7) is 3.95. The second kappa shape index (κ2) is 8.11. The van der Waals surface area contributed by atoms with Crippen LogP contribution >= 0.6 is 0 Å². The predicted molar refractivity (Wildman–Crippen MR) is 124 cm³/mol. The fourth-order valence-corrected chi connectivity index (χ4v) is 5.07. The normalized spacial score (nSPS) is 18.5. The van der Waals surface area contributed by atoms with E-state index in [1.165, 1.54) is 0 Å². The van der Waals surface area contributed by atoms with Crippen LogP contribution in [-0.4, -0.2) is 70.0 Å². The van der Waals surface area contributed by atoms with Gasteiger partial charge in [0, 0.05) is 67.8 Å². The maximum absolute atomic E-state index is 13.1. The van der Waals surface area contributed by atoms with Crippen molar-refractivity contribution in [1.82, 2.24) is 24.7 Å². The van der Waals surface area contributed by atoms with Crippen LogP contribution in [0.4, 0.5) is 4.79 Å². The molecule has 0 saturated carbocycles. The molecular formula is C25H23N5O4. The second-order valence-electron chi connectivity index (χ2n) is 8.63. The maximum atomic E-state index is 13.1. The molecular weight excluding hydrogens is 434 g/mol. The fourth-order valence-electron chi connectivity index (χ4n) is 5.07. The van der Waals surface area contributed by atoms with Gasteiger partial charge in [0.2, 0.25) is 0 Å². The molecule has 6 rings (SSSR count). The van der Waals surface area contributed by atoms with E-state index < -0.39 is 11.8 Å². The Morgan fingerprint density at radius 2 is 1.76 bits per heavy atom. The van der Waals surface area contributed by atoms with Crippen LogP contribution in [0.2, 0.25) is 0 Å². The van der Waals surface area contributed by atoms with Gasteiger partial charge in [0.25, 0.3) is 11.8 Å². The summed E-state index contributed by atoms with van der Waals surface area (Å²) in [4.78, 5) is 46.6. The number of carbonyl (C=O) groups excluding carboxylic acids is 3. The minimum Gasteiger partial charge on any atom is -0.378 e. The quantitative estimate of drug-likeness (QED) is 0.593. The molecule has 0 aliphatic carbocycles. The standard InChI is InChI=1S/C25H23N5O4/c31-23-20(16-4-2-6-26-13-16)21(24(32)27-23)19-15-29-7-8-30(25(33)28-9-11-34-12-10-28)14-17-3-1-5-18(19)22(17)29/h1-6,13,15H,7-12,14H2,(H,27,31,32). The zero-order valence-corrected chi connectivity index (χ0v) is 18.5. The summed E-state index contributed by atoms with van der Waals surface area (Å²) in [5, 5.41) is 3.34. The number of pyridine rings is 1. The van der Waals surface area contributed by atoms with Crippen LogP contribution in [0.15, 0.2) is 48.9 Å². The number of amides is 4. The van der Waals surface area contributed by atoms with Gasteiger partial charge in [0.15, 0.2) is 0 Å². The Morgan fingerprint density at radius 1 is 0.941 bits per heavy atom. The lowest BCUT2D eigenvalue weighted by Crippen LogP contribution is -2.48. The molecule has 0 bridgehead atoms. The molecule has 4 amide bonds. The molecule has 0 spiro atoms. The summed E-state index contributed by atoms with van der Waals surface area (Å²) in [6, 6.07) is 9.47. The van der Waals surface area contributed by atoms with E-state index in [-0.39, 0.29) is 6.03 Å². The van der Waals surface area contributed by atoms with Crippen molar-refractivity contribution >= 4 is 39.9 Å². The molecule has 9 nitrogen and oxygen atoms in total. The van der Waals surface area contributed by atoms with Gasteiger partial charge in [0.1, 0.15) is 0 Å². The number of ether oxygens (including phenoxy) is 1. The minimum atomic E-state index is -0.417. The van der Waals surface area contributed by atoms with Crippen molar-refractivity contribution < 1.29 is 19.1 Å². The Morgan fingerprint density at radius 3 is 2.56 bits per heavy atom. The summed E-state index contributed by atoms with van der Waals surface area (Å²) in [6.07, 6.45) is 5.16. The summed E-state index contributed by atoms with van der Waals surface area (Å²) in [7, 11) is 0. The first-order chi connectivity index (χ1) is 16.6. The van der Waals surface area contributed by atoms with E-state index in [1.807, 2.05) is 34.2 Å². The lowest BCUT2D eigenvalue weighted by molar-refractivity contribution is -0.122. The first kappa shape index (κ1) is 20.6. The van der Waals surface area contributed by atoms with Gasteiger partial charge in [0.05, 0.1) is 29.9 Å². The highest BCUT2D eigenvalue weighted by molar-refractivity contribution is 6.50. The monoisotopic (exact) mass is 457 g/mol. The van der Waals surface area contributed by atoms with Crippen molar-refractivity contribution in [3.8, 4) is 0 Å². The topological polar surface area (TPSA) is 96.8 Å². The molecule has 0 radical (unpaired) electrons. The van der Waals surface area contributed by atoms with Gasteiger partial charge in [-0.2, -0.15) is 0 Å². The van der Waals surface area contributed by atoms with E-state index in [2.05, 4.69) is 14.9 Å². The molecule has 1 saturated heterocycles. The summed E-state index contributed by atoms with van der Waals surface area (Å²) in [5.41, 5.74) is 4.01.